The molecule has 0 fully saturated rings. The molecule has 4 rings (SSSR count). The summed E-state index contributed by atoms with van der Waals surface area (Å²) < 4.78 is 7.40. The lowest BCUT2D eigenvalue weighted by Crippen LogP contribution is -2.32. The molecule has 0 atom stereocenters. The fraction of sp³-hybridized carbons (Fsp3) is 0.192. The Morgan fingerprint density at radius 3 is 2.36 bits per heavy atom. The number of hydrogen-bond acceptors (Lipinski definition) is 4. The van der Waals surface area contributed by atoms with Crippen LogP contribution >= 0.6 is 0 Å². The van der Waals surface area contributed by atoms with Gasteiger partial charge in [-0.15, -0.1) is 0 Å². The number of ether oxygens (including phenoxy) is 1. The first-order chi connectivity index (χ1) is 16.1. The second-order valence-corrected chi connectivity index (χ2v) is 7.59. The van der Waals surface area contributed by atoms with E-state index in [1.807, 2.05) is 77.4 Å². The van der Waals surface area contributed by atoms with Crippen LogP contribution in [0.5, 0.6) is 5.75 Å². The van der Waals surface area contributed by atoms with Crippen molar-refractivity contribution in [2.24, 2.45) is 0 Å². The minimum absolute atomic E-state index is 0.0501. The van der Waals surface area contributed by atoms with Crippen molar-refractivity contribution in [3.05, 3.63) is 90.8 Å². The van der Waals surface area contributed by atoms with Crippen molar-refractivity contribution >= 4 is 28.5 Å². The van der Waals surface area contributed by atoms with Gasteiger partial charge in [-0.1, -0.05) is 48.5 Å². The summed E-state index contributed by atoms with van der Waals surface area (Å²) in [6.07, 6.45) is 0.494. The molecule has 0 spiro atoms. The maximum atomic E-state index is 13.0. The van der Waals surface area contributed by atoms with Crippen molar-refractivity contribution in [1.29, 1.82) is 0 Å². The van der Waals surface area contributed by atoms with E-state index < -0.39 is 0 Å². The number of carbonyl (C=O) groups excluding carboxylic acids is 2. The van der Waals surface area contributed by atoms with Gasteiger partial charge in [-0.3, -0.25) is 9.59 Å². The normalized spacial score (nSPS) is 10.7. The Hall–Kier alpha value is -4.13. The summed E-state index contributed by atoms with van der Waals surface area (Å²) in [5.41, 5.74) is 2.54. The van der Waals surface area contributed by atoms with Gasteiger partial charge in [-0.05, 0) is 36.4 Å². The molecule has 7 nitrogen and oxygen atoms in total. The van der Waals surface area contributed by atoms with Crippen LogP contribution in [0.1, 0.15) is 5.82 Å². The largest absolute Gasteiger partial charge is 0.484 e. The van der Waals surface area contributed by atoms with E-state index >= 15 is 0 Å². The highest BCUT2D eigenvalue weighted by Gasteiger charge is 2.17. The number of para-hydroxylation sites is 4. The van der Waals surface area contributed by atoms with Crippen molar-refractivity contribution in [1.82, 2.24) is 14.9 Å². The highest BCUT2D eigenvalue weighted by atomic mass is 16.5. The second-order valence-electron chi connectivity index (χ2n) is 7.59. The van der Waals surface area contributed by atoms with Crippen LogP contribution in [-0.4, -0.2) is 41.6 Å². The van der Waals surface area contributed by atoms with Crippen molar-refractivity contribution in [3.63, 3.8) is 0 Å². The molecule has 1 heterocycles. The average molecular weight is 443 g/mol. The topological polar surface area (TPSA) is 76.5 Å². The van der Waals surface area contributed by atoms with Gasteiger partial charge in [-0.25, -0.2) is 4.98 Å². The quantitative estimate of drug-likeness (QED) is 0.431. The number of fused-ring (bicyclic) bond motifs is 1. The lowest BCUT2D eigenvalue weighted by atomic mass is 10.3. The van der Waals surface area contributed by atoms with E-state index in [1.165, 1.54) is 0 Å². The Bertz CT molecular complexity index is 1220. The molecule has 0 saturated carbocycles. The zero-order valence-electron chi connectivity index (χ0n) is 18.5. The molecule has 0 saturated heterocycles. The van der Waals surface area contributed by atoms with Gasteiger partial charge < -0.3 is 19.5 Å². The number of amides is 2. The van der Waals surface area contributed by atoms with Gasteiger partial charge in [0, 0.05) is 25.7 Å². The number of anilines is 1. The molecule has 0 aliphatic rings. The van der Waals surface area contributed by atoms with Gasteiger partial charge >= 0.3 is 0 Å². The number of carbonyl (C=O) groups is 2. The first kappa shape index (κ1) is 22.1. The summed E-state index contributed by atoms with van der Waals surface area (Å²) in [7, 11) is 1.77. The van der Waals surface area contributed by atoms with E-state index in [0.717, 1.165) is 22.5 Å². The molecule has 0 radical (unpaired) electrons. The Balaban J connectivity index is 1.40. The van der Waals surface area contributed by atoms with E-state index in [2.05, 4.69) is 5.32 Å². The van der Waals surface area contributed by atoms with Gasteiger partial charge in [-0.2, -0.15) is 0 Å². The standard InChI is InChI=1S/C26H26N4O3/c1-29(20-10-4-2-5-11-20)26(32)18-30-23-15-9-8-14-22(23)28-24(30)16-17-27-25(31)19-33-21-12-6-3-7-13-21/h2-15H,16-19H2,1H3,(H,27,31). The van der Waals surface area contributed by atoms with Crippen LogP contribution in [0.3, 0.4) is 0 Å². The monoisotopic (exact) mass is 442 g/mol. The predicted octanol–water partition coefficient (Wildman–Crippen LogP) is 3.44. The van der Waals surface area contributed by atoms with Crippen LogP contribution in [0.25, 0.3) is 11.0 Å². The van der Waals surface area contributed by atoms with E-state index in [1.54, 1.807) is 24.1 Å². The fourth-order valence-electron chi connectivity index (χ4n) is 3.56. The van der Waals surface area contributed by atoms with Crippen LogP contribution in [0.15, 0.2) is 84.9 Å². The predicted molar refractivity (Wildman–Crippen MR) is 128 cm³/mol. The van der Waals surface area contributed by atoms with E-state index in [-0.39, 0.29) is 25.0 Å². The van der Waals surface area contributed by atoms with Crippen molar-refractivity contribution in [3.8, 4) is 5.75 Å². The van der Waals surface area contributed by atoms with Gasteiger partial charge in [0.05, 0.1) is 11.0 Å². The summed E-state index contributed by atoms with van der Waals surface area (Å²) in [5, 5.41) is 2.86. The first-order valence-corrected chi connectivity index (χ1v) is 10.8. The van der Waals surface area contributed by atoms with Crippen molar-refractivity contribution < 1.29 is 14.3 Å². The Kier molecular flexibility index (Phi) is 6.99. The molecule has 0 aliphatic carbocycles. The summed E-state index contributed by atoms with van der Waals surface area (Å²) in [4.78, 5) is 31.5. The first-order valence-electron chi connectivity index (χ1n) is 10.8. The molecule has 2 amide bonds. The molecule has 0 aliphatic heterocycles. The minimum atomic E-state index is -0.207. The maximum absolute atomic E-state index is 13.0. The molecule has 3 aromatic carbocycles. The number of imidazole rings is 1. The fourth-order valence-corrected chi connectivity index (χ4v) is 3.56. The summed E-state index contributed by atoms with van der Waals surface area (Å²) >= 11 is 0. The van der Waals surface area contributed by atoms with Gasteiger partial charge in [0.1, 0.15) is 18.1 Å². The maximum Gasteiger partial charge on any atom is 0.257 e. The average Bonchev–Trinajstić information content (AvgIpc) is 3.20. The second kappa shape index (κ2) is 10.5. The molecular formula is C26H26N4O3. The Labute approximate surface area is 192 Å². The SMILES string of the molecule is CN(C(=O)Cn1c(CCNC(=O)COc2ccccc2)nc2ccccc21)c1ccccc1. The smallest absolute Gasteiger partial charge is 0.257 e. The molecule has 4 aromatic rings. The van der Waals surface area contributed by atoms with Gasteiger partial charge in [0.25, 0.3) is 5.91 Å². The van der Waals surface area contributed by atoms with Crippen LogP contribution in [0.4, 0.5) is 5.69 Å². The third-order valence-electron chi connectivity index (χ3n) is 5.33. The number of nitrogens with one attached hydrogen (secondary N) is 1. The summed E-state index contributed by atoms with van der Waals surface area (Å²) in [6.45, 7) is 0.496. The van der Waals surface area contributed by atoms with Gasteiger partial charge in [0.2, 0.25) is 5.91 Å². The molecule has 33 heavy (non-hydrogen) atoms. The van der Waals surface area contributed by atoms with Crippen LogP contribution < -0.4 is 15.0 Å². The highest BCUT2D eigenvalue weighted by molar-refractivity contribution is 5.93. The van der Waals surface area contributed by atoms with E-state index in [0.29, 0.717) is 18.7 Å². The number of likely N-dealkylation sites (N-methyl/N-ethyl adjacent to an activating group) is 1. The molecule has 168 valence electrons. The molecule has 0 unspecified atom stereocenters. The summed E-state index contributed by atoms with van der Waals surface area (Å²) in [5.74, 6) is 1.14. The van der Waals surface area contributed by atoms with Gasteiger partial charge in [0.15, 0.2) is 6.61 Å². The molecule has 7 heteroatoms. The number of rotatable bonds is 9. The Morgan fingerprint density at radius 1 is 0.939 bits per heavy atom. The van der Waals surface area contributed by atoms with E-state index in [4.69, 9.17) is 9.72 Å². The lowest BCUT2D eigenvalue weighted by molar-refractivity contribution is -0.123. The minimum Gasteiger partial charge on any atom is -0.484 e. The number of aromatic nitrogens is 2. The van der Waals surface area contributed by atoms with E-state index in [9.17, 15) is 9.59 Å². The molecule has 1 aromatic heterocycles. The molecular weight excluding hydrogens is 416 g/mol. The van der Waals surface area contributed by atoms with Crippen molar-refractivity contribution in [2.75, 3.05) is 25.1 Å². The summed E-state index contributed by atoms with van der Waals surface area (Å²) in [6, 6.07) is 26.5. The number of benzene rings is 3. The Morgan fingerprint density at radius 2 is 1.61 bits per heavy atom. The third kappa shape index (κ3) is 5.57. The number of hydrogen-bond donors (Lipinski definition) is 1. The number of nitrogens with zero attached hydrogens (tertiary/aromatic N) is 3. The highest BCUT2D eigenvalue weighted by Crippen LogP contribution is 2.18. The van der Waals surface area contributed by atoms with Crippen molar-refractivity contribution in [2.45, 2.75) is 13.0 Å². The van der Waals surface area contributed by atoms with Crippen LogP contribution in [0, 0.1) is 0 Å². The zero-order valence-corrected chi connectivity index (χ0v) is 18.5. The van der Waals surface area contributed by atoms with Crippen LogP contribution in [0.2, 0.25) is 0 Å². The third-order valence-corrected chi connectivity index (χ3v) is 5.33. The lowest BCUT2D eigenvalue weighted by Gasteiger charge is -2.18. The molecule has 0 bridgehead atoms. The van der Waals surface area contributed by atoms with Crippen LogP contribution in [-0.2, 0) is 22.6 Å². The zero-order chi connectivity index (χ0) is 23.0. The molecule has 1 N–H and O–H groups in total.